The van der Waals surface area contributed by atoms with Crippen LogP contribution >= 0.6 is 11.8 Å². The van der Waals surface area contributed by atoms with Gasteiger partial charge in [-0.25, -0.2) is 0 Å². The predicted octanol–water partition coefficient (Wildman–Crippen LogP) is 2.94. The number of nitrogens with zero attached hydrogens (tertiary/aromatic N) is 1. The van der Waals surface area contributed by atoms with Crippen molar-refractivity contribution >= 4 is 29.3 Å². The molecule has 0 fully saturated rings. The maximum atomic E-state index is 12.3. The third kappa shape index (κ3) is 4.22. The number of nitro benzene ring substituents is 1. The van der Waals surface area contributed by atoms with Crippen LogP contribution in [-0.4, -0.2) is 34.7 Å². The van der Waals surface area contributed by atoms with Crippen molar-refractivity contribution in [2.75, 3.05) is 12.8 Å². The number of hydrogen-bond donors (Lipinski definition) is 2. The summed E-state index contributed by atoms with van der Waals surface area (Å²) < 4.78 is 0. The van der Waals surface area contributed by atoms with Gasteiger partial charge in [-0.05, 0) is 31.2 Å². The number of nitro groups is 1. The van der Waals surface area contributed by atoms with Crippen molar-refractivity contribution < 1.29 is 19.6 Å². The van der Waals surface area contributed by atoms with E-state index in [-0.39, 0.29) is 17.8 Å². The molecule has 8 heteroatoms. The minimum Gasteiger partial charge on any atom is -0.481 e. The third-order valence-electron chi connectivity index (χ3n) is 4.04. The quantitative estimate of drug-likeness (QED) is 0.428. The smallest absolute Gasteiger partial charge is 0.311 e. The standard InChI is InChI=1S/C15H20N2O5S/c1-4-15(5-2,14(19)20)9-16-13(18)11-8-10(23-3)6-7-12(11)17(21)22/h6-8H,4-5,9H2,1-3H3,(H,16,18)(H,19,20). The lowest BCUT2D eigenvalue weighted by Gasteiger charge is -2.26. The van der Waals surface area contributed by atoms with Crippen LogP contribution in [0.1, 0.15) is 37.0 Å². The van der Waals surface area contributed by atoms with Gasteiger partial charge in [-0.15, -0.1) is 11.8 Å². The molecular formula is C15H20N2O5S. The lowest BCUT2D eigenvalue weighted by atomic mass is 9.82. The highest BCUT2D eigenvalue weighted by Crippen LogP contribution is 2.27. The zero-order valence-electron chi connectivity index (χ0n) is 13.3. The van der Waals surface area contributed by atoms with Crippen molar-refractivity contribution in [3.8, 4) is 0 Å². The molecule has 0 saturated heterocycles. The van der Waals surface area contributed by atoms with Crippen LogP contribution in [0.15, 0.2) is 23.1 Å². The molecule has 2 N–H and O–H groups in total. The summed E-state index contributed by atoms with van der Waals surface area (Å²) in [5.74, 6) is -1.63. The number of thioether (sulfide) groups is 1. The van der Waals surface area contributed by atoms with Crippen LogP contribution in [0.5, 0.6) is 0 Å². The lowest BCUT2D eigenvalue weighted by molar-refractivity contribution is -0.385. The first kappa shape index (κ1) is 19.0. The van der Waals surface area contributed by atoms with E-state index in [9.17, 15) is 24.8 Å². The molecule has 0 atom stereocenters. The van der Waals surface area contributed by atoms with Crippen molar-refractivity contribution in [1.82, 2.24) is 5.32 Å². The second kappa shape index (κ2) is 7.96. The summed E-state index contributed by atoms with van der Waals surface area (Å²) in [7, 11) is 0. The van der Waals surface area contributed by atoms with E-state index in [2.05, 4.69) is 5.32 Å². The Morgan fingerprint density at radius 2 is 1.96 bits per heavy atom. The van der Waals surface area contributed by atoms with Crippen LogP contribution in [0.3, 0.4) is 0 Å². The van der Waals surface area contributed by atoms with Gasteiger partial charge in [0.05, 0.1) is 10.3 Å². The van der Waals surface area contributed by atoms with Crippen molar-refractivity contribution in [3.05, 3.63) is 33.9 Å². The van der Waals surface area contributed by atoms with E-state index in [1.807, 2.05) is 0 Å². The normalized spacial score (nSPS) is 11.1. The number of rotatable bonds is 8. The molecule has 0 unspecified atom stereocenters. The number of carbonyl (C=O) groups is 2. The molecule has 0 bridgehead atoms. The van der Waals surface area contributed by atoms with Crippen LogP contribution < -0.4 is 5.32 Å². The SMILES string of the molecule is CCC(CC)(CNC(=O)c1cc(SC)ccc1[N+](=O)[O-])C(=O)O. The van der Waals surface area contributed by atoms with Crippen molar-refractivity contribution in [2.24, 2.45) is 5.41 Å². The molecule has 0 aliphatic rings. The molecule has 1 amide bonds. The maximum absolute atomic E-state index is 12.3. The number of aliphatic carboxylic acids is 1. The summed E-state index contributed by atoms with van der Waals surface area (Å²) in [6.45, 7) is 3.40. The highest BCUT2D eigenvalue weighted by Gasteiger charge is 2.35. The monoisotopic (exact) mass is 340 g/mol. The first-order chi connectivity index (χ1) is 10.8. The summed E-state index contributed by atoms with van der Waals surface area (Å²) in [4.78, 5) is 34.9. The largest absolute Gasteiger partial charge is 0.481 e. The highest BCUT2D eigenvalue weighted by atomic mass is 32.2. The second-order valence-electron chi connectivity index (χ2n) is 5.12. The van der Waals surface area contributed by atoms with E-state index in [4.69, 9.17) is 0 Å². The summed E-state index contributed by atoms with van der Waals surface area (Å²) in [5.41, 5.74) is -1.43. The van der Waals surface area contributed by atoms with Crippen LogP contribution in [0, 0.1) is 15.5 Å². The summed E-state index contributed by atoms with van der Waals surface area (Å²) in [6.07, 6.45) is 2.50. The average molecular weight is 340 g/mol. The Morgan fingerprint density at radius 3 is 2.39 bits per heavy atom. The van der Waals surface area contributed by atoms with Gasteiger partial charge in [-0.2, -0.15) is 0 Å². The van der Waals surface area contributed by atoms with Crippen LogP contribution in [0.4, 0.5) is 5.69 Å². The number of nitrogens with one attached hydrogen (secondary N) is 1. The number of amides is 1. The topological polar surface area (TPSA) is 110 Å². The van der Waals surface area contributed by atoms with E-state index >= 15 is 0 Å². The van der Waals surface area contributed by atoms with Gasteiger partial charge in [0.15, 0.2) is 0 Å². The Hall–Kier alpha value is -2.09. The molecule has 0 heterocycles. The Kier molecular flexibility index (Phi) is 6.56. The fraction of sp³-hybridized carbons (Fsp3) is 0.467. The summed E-state index contributed by atoms with van der Waals surface area (Å²) >= 11 is 1.36. The Morgan fingerprint density at radius 1 is 1.35 bits per heavy atom. The molecule has 0 aromatic heterocycles. The van der Waals surface area contributed by atoms with Crippen molar-refractivity contribution in [1.29, 1.82) is 0 Å². The van der Waals surface area contributed by atoms with Gasteiger partial charge in [-0.3, -0.25) is 19.7 Å². The predicted molar refractivity (Wildman–Crippen MR) is 87.9 cm³/mol. The van der Waals surface area contributed by atoms with E-state index < -0.39 is 22.2 Å². The molecule has 23 heavy (non-hydrogen) atoms. The zero-order valence-corrected chi connectivity index (χ0v) is 14.1. The summed E-state index contributed by atoms with van der Waals surface area (Å²) in [5, 5.41) is 23.0. The van der Waals surface area contributed by atoms with Crippen molar-refractivity contribution in [3.63, 3.8) is 0 Å². The minimum atomic E-state index is -1.07. The van der Waals surface area contributed by atoms with E-state index in [0.29, 0.717) is 12.8 Å². The molecule has 1 aromatic rings. The van der Waals surface area contributed by atoms with Gasteiger partial charge in [0, 0.05) is 17.5 Å². The van der Waals surface area contributed by atoms with Gasteiger partial charge in [0.25, 0.3) is 11.6 Å². The zero-order chi connectivity index (χ0) is 17.6. The first-order valence-electron chi connectivity index (χ1n) is 7.15. The first-order valence-corrected chi connectivity index (χ1v) is 8.37. The van der Waals surface area contributed by atoms with Gasteiger partial charge in [-0.1, -0.05) is 13.8 Å². The van der Waals surface area contributed by atoms with Crippen LogP contribution in [0.2, 0.25) is 0 Å². The number of hydrogen-bond acceptors (Lipinski definition) is 5. The van der Waals surface area contributed by atoms with Crippen LogP contribution in [0.25, 0.3) is 0 Å². The van der Waals surface area contributed by atoms with Gasteiger partial charge < -0.3 is 10.4 Å². The Bertz CT molecular complexity index is 614. The molecule has 126 valence electrons. The van der Waals surface area contributed by atoms with Gasteiger partial charge in [0.1, 0.15) is 5.56 Å². The number of carboxylic acids is 1. The van der Waals surface area contributed by atoms with Gasteiger partial charge in [0.2, 0.25) is 0 Å². The maximum Gasteiger partial charge on any atom is 0.311 e. The minimum absolute atomic E-state index is 0.0617. The fourth-order valence-corrected chi connectivity index (χ4v) is 2.65. The molecule has 1 aromatic carbocycles. The number of carbonyl (C=O) groups excluding carboxylic acids is 1. The highest BCUT2D eigenvalue weighted by molar-refractivity contribution is 7.98. The molecule has 0 saturated carbocycles. The van der Waals surface area contributed by atoms with Crippen LogP contribution in [-0.2, 0) is 4.79 Å². The second-order valence-corrected chi connectivity index (χ2v) is 6.00. The Balaban J connectivity index is 3.06. The van der Waals surface area contributed by atoms with E-state index in [1.54, 1.807) is 26.2 Å². The molecule has 0 spiro atoms. The lowest BCUT2D eigenvalue weighted by Crippen LogP contribution is -2.42. The Labute approximate surface area is 138 Å². The summed E-state index contributed by atoms with van der Waals surface area (Å²) in [6, 6.07) is 4.29. The average Bonchev–Trinajstić information content (AvgIpc) is 2.54. The molecule has 1 rings (SSSR count). The fourth-order valence-electron chi connectivity index (χ4n) is 2.21. The van der Waals surface area contributed by atoms with E-state index in [1.165, 1.54) is 23.9 Å². The molecule has 0 radical (unpaired) electrons. The van der Waals surface area contributed by atoms with Crippen molar-refractivity contribution in [2.45, 2.75) is 31.6 Å². The molecule has 0 aliphatic carbocycles. The van der Waals surface area contributed by atoms with Gasteiger partial charge >= 0.3 is 5.97 Å². The molecule has 0 aliphatic heterocycles. The molecular weight excluding hydrogens is 320 g/mol. The third-order valence-corrected chi connectivity index (χ3v) is 4.76. The number of benzene rings is 1. The van der Waals surface area contributed by atoms with E-state index in [0.717, 1.165) is 4.90 Å². The molecule has 7 nitrogen and oxygen atoms in total. The number of carboxylic acid groups (broad SMARTS) is 1.